The Morgan fingerprint density at radius 2 is 0.952 bits per heavy atom. The van der Waals surface area contributed by atoms with E-state index >= 15 is 0 Å². The first-order chi connectivity index (χ1) is 10.4. The van der Waals surface area contributed by atoms with E-state index in [0.717, 1.165) is 8.27 Å². The van der Waals surface area contributed by atoms with Crippen molar-refractivity contribution in [1.82, 2.24) is 0 Å². The Labute approximate surface area is 139 Å². The van der Waals surface area contributed by atoms with E-state index in [0.29, 0.717) is 0 Å². The summed E-state index contributed by atoms with van der Waals surface area (Å²) >= 11 is 0. The van der Waals surface area contributed by atoms with E-state index in [4.69, 9.17) is 0 Å². The van der Waals surface area contributed by atoms with Crippen LogP contribution >= 0.6 is 16.5 Å². The van der Waals surface area contributed by atoms with Gasteiger partial charge in [0.15, 0.2) is 0 Å². The zero-order valence-electron chi connectivity index (χ0n) is 15.1. The van der Waals surface area contributed by atoms with Crippen molar-refractivity contribution >= 4 is 16.5 Å². The molecule has 2 heteroatoms. The zero-order chi connectivity index (χ0) is 15.4. The van der Waals surface area contributed by atoms with Gasteiger partial charge in [-0.1, -0.05) is 90.9 Å². The van der Waals surface area contributed by atoms with Crippen LogP contribution in [0.25, 0.3) is 0 Å². The molecule has 0 aromatic carbocycles. The van der Waals surface area contributed by atoms with Crippen molar-refractivity contribution in [3.05, 3.63) is 0 Å². The Kier molecular flexibility index (Phi) is 21.7. The van der Waals surface area contributed by atoms with Gasteiger partial charge < -0.3 is 0 Å². The first kappa shape index (κ1) is 21.9. The fourth-order valence-corrected chi connectivity index (χ4v) is 6.57. The fourth-order valence-electron chi connectivity index (χ4n) is 2.77. The number of hydrogen-bond acceptors (Lipinski definition) is 0. The molecule has 2 atom stereocenters. The topological polar surface area (TPSA) is 0 Å². The lowest BCUT2D eigenvalue weighted by molar-refractivity contribution is 0.586. The van der Waals surface area contributed by atoms with Crippen LogP contribution in [0, 0.1) is 0 Å². The summed E-state index contributed by atoms with van der Waals surface area (Å²) in [4.78, 5) is 0. The van der Waals surface area contributed by atoms with Gasteiger partial charge in [0.2, 0.25) is 0 Å². The summed E-state index contributed by atoms with van der Waals surface area (Å²) in [7, 11) is 2.15. The third-order valence-corrected chi connectivity index (χ3v) is 8.50. The van der Waals surface area contributed by atoms with E-state index < -0.39 is 0 Å². The van der Waals surface area contributed by atoms with Crippen LogP contribution in [0.4, 0.5) is 0 Å². The van der Waals surface area contributed by atoms with Gasteiger partial charge in [-0.15, -0.1) is 0 Å². The fraction of sp³-hybridized carbons (Fsp3) is 1.00. The van der Waals surface area contributed by atoms with Crippen LogP contribution in [0.2, 0.25) is 0 Å². The van der Waals surface area contributed by atoms with Crippen LogP contribution in [0.1, 0.15) is 110 Å². The SMILES string of the molecule is CCCCCCCCCCP[PH2+]CCCCCCCCC. The van der Waals surface area contributed by atoms with Crippen LogP contribution in [0.15, 0.2) is 0 Å². The van der Waals surface area contributed by atoms with Crippen LogP contribution in [-0.4, -0.2) is 12.3 Å². The lowest BCUT2D eigenvalue weighted by Crippen LogP contribution is -1.82. The quantitative estimate of drug-likeness (QED) is 0.177. The third kappa shape index (κ3) is 20.9. The molecule has 0 aliphatic carbocycles. The Morgan fingerprint density at radius 3 is 1.48 bits per heavy atom. The molecule has 0 saturated carbocycles. The standard InChI is InChI=1S/C19H42P2/c1-3-5-7-9-11-13-15-17-19-21-20-18-16-14-12-10-8-6-4-2/h20-21H,3-19H2,1-2H3/p+1. The molecular weight excluding hydrogens is 290 g/mol. The molecule has 0 rings (SSSR count). The van der Waals surface area contributed by atoms with Crippen LogP contribution in [-0.2, 0) is 0 Å². The monoisotopic (exact) mass is 333 g/mol. The minimum absolute atomic E-state index is 0.814. The summed E-state index contributed by atoms with van der Waals surface area (Å²) in [6, 6.07) is 0. The van der Waals surface area contributed by atoms with Crippen molar-refractivity contribution in [3.8, 4) is 0 Å². The normalized spacial score (nSPS) is 12.3. The molecule has 0 aromatic rings. The smallest absolute Gasteiger partial charge is 0.0569 e. The van der Waals surface area contributed by atoms with E-state index in [-0.39, 0.29) is 0 Å². The van der Waals surface area contributed by atoms with E-state index in [1.807, 2.05) is 0 Å². The van der Waals surface area contributed by atoms with Gasteiger partial charge in [0.1, 0.15) is 0 Å². The van der Waals surface area contributed by atoms with E-state index in [1.165, 1.54) is 105 Å². The lowest BCUT2D eigenvalue weighted by Gasteiger charge is -2.01. The largest absolute Gasteiger partial charge is 0.0654 e. The molecule has 0 radical (unpaired) electrons. The maximum atomic E-state index is 2.30. The van der Waals surface area contributed by atoms with Gasteiger partial charge in [0.25, 0.3) is 0 Å². The van der Waals surface area contributed by atoms with E-state index in [1.54, 1.807) is 12.3 Å². The second-order valence-electron chi connectivity index (χ2n) is 6.54. The van der Waals surface area contributed by atoms with Gasteiger partial charge in [0.05, 0.1) is 6.16 Å². The lowest BCUT2D eigenvalue weighted by atomic mass is 10.1. The van der Waals surface area contributed by atoms with Crippen LogP contribution in [0.5, 0.6) is 0 Å². The second kappa shape index (κ2) is 20.9. The maximum Gasteiger partial charge on any atom is 0.0569 e. The van der Waals surface area contributed by atoms with Crippen molar-refractivity contribution in [1.29, 1.82) is 0 Å². The highest BCUT2D eigenvalue weighted by Crippen LogP contribution is 2.38. The molecule has 0 amide bonds. The molecule has 0 bridgehead atoms. The summed E-state index contributed by atoms with van der Waals surface area (Å²) in [6.45, 7) is 4.60. The van der Waals surface area contributed by atoms with Gasteiger partial charge >= 0.3 is 0 Å². The molecule has 0 N–H and O–H groups in total. The summed E-state index contributed by atoms with van der Waals surface area (Å²) in [5.74, 6) is 0. The second-order valence-corrected chi connectivity index (χ2v) is 10.9. The predicted molar refractivity (Wildman–Crippen MR) is 108 cm³/mol. The van der Waals surface area contributed by atoms with Gasteiger partial charge in [-0.05, 0) is 25.4 Å². The molecule has 0 spiro atoms. The minimum atomic E-state index is 0.814. The highest BCUT2D eigenvalue weighted by Gasteiger charge is 1.98. The summed E-state index contributed by atoms with van der Waals surface area (Å²) in [6.07, 6.45) is 25.3. The first-order valence-electron chi connectivity index (χ1n) is 9.96. The summed E-state index contributed by atoms with van der Waals surface area (Å²) in [5.41, 5.74) is 0. The van der Waals surface area contributed by atoms with E-state index in [2.05, 4.69) is 13.8 Å². The molecule has 0 fully saturated rings. The third-order valence-electron chi connectivity index (χ3n) is 4.27. The molecule has 0 saturated heterocycles. The van der Waals surface area contributed by atoms with E-state index in [9.17, 15) is 0 Å². The Bertz CT molecular complexity index is 153. The van der Waals surface area contributed by atoms with Crippen molar-refractivity contribution in [2.45, 2.75) is 110 Å². The highest BCUT2D eigenvalue weighted by atomic mass is 32.0. The van der Waals surface area contributed by atoms with Crippen molar-refractivity contribution in [2.75, 3.05) is 12.3 Å². The average molecular weight is 334 g/mol. The molecule has 0 aliphatic rings. The first-order valence-corrected chi connectivity index (χ1v) is 13.8. The van der Waals surface area contributed by atoms with Gasteiger partial charge in [-0.25, -0.2) is 0 Å². The zero-order valence-corrected chi connectivity index (χ0v) is 17.3. The highest BCUT2D eigenvalue weighted by molar-refractivity contribution is 8.11. The number of rotatable bonds is 18. The van der Waals surface area contributed by atoms with Crippen molar-refractivity contribution in [2.24, 2.45) is 0 Å². The summed E-state index contributed by atoms with van der Waals surface area (Å²) in [5, 5.41) is 0. The summed E-state index contributed by atoms with van der Waals surface area (Å²) < 4.78 is 0. The molecule has 0 aliphatic heterocycles. The molecule has 0 aromatic heterocycles. The van der Waals surface area contributed by atoms with Crippen LogP contribution in [0.3, 0.4) is 0 Å². The molecule has 128 valence electrons. The molecule has 0 nitrogen and oxygen atoms in total. The van der Waals surface area contributed by atoms with Gasteiger partial charge in [0, 0.05) is 16.5 Å². The molecular formula is C19H43P2+. The molecule has 2 unspecified atom stereocenters. The minimum Gasteiger partial charge on any atom is -0.0654 e. The average Bonchev–Trinajstić information content (AvgIpc) is 2.50. The predicted octanol–water partition coefficient (Wildman–Crippen LogP) is 7.88. The van der Waals surface area contributed by atoms with Crippen molar-refractivity contribution < 1.29 is 0 Å². The number of hydrogen-bond donors (Lipinski definition) is 0. The van der Waals surface area contributed by atoms with Crippen LogP contribution < -0.4 is 0 Å². The Balaban J connectivity index is 2.90. The van der Waals surface area contributed by atoms with Gasteiger partial charge in [-0.3, -0.25) is 0 Å². The Morgan fingerprint density at radius 1 is 0.524 bits per heavy atom. The number of unbranched alkanes of at least 4 members (excludes halogenated alkanes) is 13. The van der Waals surface area contributed by atoms with Gasteiger partial charge in [-0.2, -0.15) is 0 Å². The van der Waals surface area contributed by atoms with Crippen molar-refractivity contribution in [3.63, 3.8) is 0 Å². The Hall–Kier alpha value is 0.860. The molecule has 21 heavy (non-hydrogen) atoms. The maximum absolute atomic E-state index is 2.30. The molecule has 0 heterocycles.